The van der Waals surface area contributed by atoms with Gasteiger partial charge in [0.2, 0.25) is 0 Å². The van der Waals surface area contributed by atoms with Crippen molar-refractivity contribution in [3.8, 4) is 0 Å². The number of hydrogen-bond acceptors (Lipinski definition) is 3. The van der Waals surface area contributed by atoms with Gasteiger partial charge in [0, 0.05) is 15.6 Å². The van der Waals surface area contributed by atoms with Crippen molar-refractivity contribution < 1.29 is 4.79 Å². The van der Waals surface area contributed by atoms with Crippen LogP contribution in [0.15, 0.2) is 24.3 Å². The maximum atomic E-state index is 12.6. The molecule has 3 rings (SSSR count). The van der Waals surface area contributed by atoms with Gasteiger partial charge in [-0.05, 0) is 55.5 Å². The fraction of sp³-hybridized carbons (Fsp3) is 0.353. The molecule has 3 nitrogen and oxygen atoms in total. The number of nitrogen functional groups attached to an aromatic ring is 1. The number of nitrogens with two attached hydrogens (primary N) is 1. The molecule has 0 radical (unpaired) electrons. The fourth-order valence-electron chi connectivity index (χ4n) is 2.92. The Labute approximate surface area is 139 Å². The molecule has 5 heteroatoms. The van der Waals surface area contributed by atoms with Crippen LogP contribution in [-0.4, -0.2) is 5.91 Å². The molecule has 1 heterocycles. The predicted molar refractivity (Wildman–Crippen MR) is 94.0 cm³/mol. The van der Waals surface area contributed by atoms with Crippen LogP contribution in [0.3, 0.4) is 0 Å². The van der Waals surface area contributed by atoms with E-state index in [-0.39, 0.29) is 5.91 Å². The number of rotatable bonds is 2. The van der Waals surface area contributed by atoms with Crippen molar-refractivity contribution >= 4 is 39.5 Å². The minimum atomic E-state index is -0.113. The van der Waals surface area contributed by atoms with E-state index in [4.69, 9.17) is 17.3 Å². The van der Waals surface area contributed by atoms with Gasteiger partial charge in [0.05, 0.1) is 10.6 Å². The van der Waals surface area contributed by atoms with Gasteiger partial charge >= 0.3 is 0 Å². The maximum absolute atomic E-state index is 12.6. The van der Waals surface area contributed by atoms with Crippen LogP contribution in [0.2, 0.25) is 5.02 Å². The number of thiophene rings is 1. The average molecular weight is 335 g/mol. The largest absolute Gasteiger partial charge is 0.390 e. The summed E-state index contributed by atoms with van der Waals surface area (Å²) in [5.41, 5.74) is 8.71. The minimum Gasteiger partial charge on any atom is -0.390 e. The zero-order chi connectivity index (χ0) is 15.5. The van der Waals surface area contributed by atoms with Crippen molar-refractivity contribution in [2.75, 3.05) is 11.1 Å². The van der Waals surface area contributed by atoms with Crippen LogP contribution in [0.4, 0.5) is 10.7 Å². The summed E-state index contributed by atoms with van der Waals surface area (Å²) in [5, 5.41) is 4.22. The number of anilines is 2. The van der Waals surface area contributed by atoms with Gasteiger partial charge in [0.1, 0.15) is 0 Å². The van der Waals surface area contributed by atoms with Gasteiger partial charge in [-0.2, -0.15) is 0 Å². The number of halogens is 1. The molecule has 0 aliphatic heterocycles. The van der Waals surface area contributed by atoms with E-state index in [9.17, 15) is 4.79 Å². The SMILES string of the molecule is Nc1sc2c(c1C(=O)Nc1ccc(Cl)cc1)CCCCCC2. The molecule has 2 aromatic rings. The lowest BCUT2D eigenvalue weighted by atomic mass is 9.96. The molecule has 1 aliphatic carbocycles. The van der Waals surface area contributed by atoms with Crippen molar-refractivity contribution in [1.29, 1.82) is 0 Å². The molecule has 0 spiro atoms. The van der Waals surface area contributed by atoms with Crippen molar-refractivity contribution in [3.05, 3.63) is 45.3 Å². The molecule has 1 aliphatic rings. The molecule has 0 saturated heterocycles. The number of hydrogen-bond donors (Lipinski definition) is 2. The Morgan fingerprint density at radius 1 is 1.09 bits per heavy atom. The number of carbonyl (C=O) groups is 1. The van der Waals surface area contributed by atoms with E-state index in [1.165, 1.54) is 24.1 Å². The van der Waals surface area contributed by atoms with Crippen LogP contribution >= 0.6 is 22.9 Å². The van der Waals surface area contributed by atoms with Crippen molar-refractivity contribution in [1.82, 2.24) is 0 Å². The van der Waals surface area contributed by atoms with Crippen molar-refractivity contribution in [3.63, 3.8) is 0 Å². The van der Waals surface area contributed by atoms with E-state index >= 15 is 0 Å². The first-order valence-corrected chi connectivity index (χ1v) is 8.81. The second kappa shape index (κ2) is 6.71. The predicted octanol–water partition coefficient (Wildman–Crippen LogP) is 4.90. The van der Waals surface area contributed by atoms with Crippen LogP contribution in [0.5, 0.6) is 0 Å². The minimum absolute atomic E-state index is 0.113. The average Bonchev–Trinajstić information content (AvgIpc) is 2.77. The molecule has 3 N–H and O–H groups in total. The molecule has 1 aromatic carbocycles. The molecule has 116 valence electrons. The third-order valence-corrected chi connectivity index (χ3v) is 5.40. The second-order valence-corrected chi connectivity index (χ2v) is 7.19. The third-order valence-electron chi connectivity index (χ3n) is 4.03. The van der Waals surface area contributed by atoms with Gasteiger partial charge in [-0.15, -0.1) is 11.3 Å². The van der Waals surface area contributed by atoms with E-state index in [2.05, 4.69) is 5.32 Å². The lowest BCUT2D eigenvalue weighted by Gasteiger charge is -2.12. The molecular weight excluding hydrogens is 316 g/mol. The van der Waals surface area contributed by atoms with Crippen LogP contribution < -0.4 is 11.1 Å². The summed E-state index contributed by atoms with van der Waals surface area (Å²) in [6.45, 7) is 0. The fourth-order valence-corrected chi connectivity index (χ4v) is 4.20. The van der Waals surface area contributed by atoms with E-state index < -0.39 is 0 Å². The van der Waals surface area contributed by atoms with Crippen LogP contribution in [-0.2, 0) is 12.8 Å². The Kier molecular flexibility index (Phi) is 4.69. The Balaban J connectivity index is 1.87. The first kappa shape index (κ1) is 15.4. The lowest BCUT2D eigenvalue weighted by Crippen LogP contribution is -2.15. The van der Waals surface area contributed by atoms with E-state index in [0.29, 0.717) is 15.6 Å². The number of benzene rings is 1. The lowest BCUT2D eigenvalue weighted by molar-refractivity contribution is 0.102. The highest BCUT2D eigenvalue weighted by Crippen LogP contribution is 2.35. The molecule has 1 aromatic heterocycles. The molecule has 22 heavy (non-hydrogen) atoms. The maximum Gasteiger partial charge on any atom is 0.258 e. The summed E-state index contributed by atoms with van der Waals surface area (Å²) in [7, 11) is 0. The van der Waals surface area contributed by atoms with Gasteiger partial charge in [0.25, 0.3) is 5.91 Å². The highest BCUT2D eigenvalue weighted by Gasteiger charge is 2.22. The molecular formula is C17H19ClN2OS. The summed E-state index contributed by atoms with van der Waals surface area (Å²) in [4.78, 5) is 13.9. The summed E-state index contributed by atoms with van der Waals surface area (Å²) < 4.78 is 0. The molecule has 0 bridgehead atoms. The molecule has 0 atom stereocenters. The molecule has 0 fully saturated rings. The van der Waals surface area contributed by atoms with Gasteiger partial charge in [-0.25, -0.2) is 0 Å². The van der Waals surface area contributed by atoms with E-state index in [0.717, 1.165) is 30.5 Å². The monoisotopic (exact) mass is 334 g/mol. The number of amides is 1. The highest BCUT2D eigenvalue weighted by atomic mass is 35.5. The second-order valence-electron chi connectivity index (χ2n) is 5.62. The third kappa shape index (κ3) is 3.28. The Morgan fingerprint density at radius 3 is 2.50 bits per heavy atom. The normalized spacial score (nSPS) is 14.8. The van der Waals surface area contributed by atoms with Crippen LogP contribution in [0, 0.1) is 0 Å². The van der Waals surface area contributed by atoms with Crippen molar-refractivity contribution in [2.45, 2.75) is 38.5 Å². The van der Waals surface area contributed by atoms with E-state index in [1.54, 1.807) is 35.6 Å². The first-order chi connectivity index (χ1) is 10.6. The summed E-state index contributed by atoms with van der Waals surface area (Å²) in [6.07, 6.45) is 6.80. The summed E-state index contributed by atoms with van der Waals surface area (Å²) >= 11 is 7.45. The highest BCUT2D eigenvalue weighted by molar-refractivity contribution is 7.16. The van der Waals surface area contributed by atoms with Crippen LogP contribution in [0.1, 0.15) is 46.5 Å². The smallest absolute Gasteiger partial charge is 0.258 e. The van der Waals surface area contributed by atoms with Gasteiger partial charge in [-0.3, -0.25) is 4.79 Å². The first-order valence-electron chi connectivity index (χ1n) is 7.62. The topological polar surface area (TPSA) is 55.1 Å². The number of carbonyl (C=O) groups excluding carboxylic acids is 1. The van der Waals surface area contributed by atoms with Crippen molar-refractivity contribution in [2.24, 2.45) is 0 Å². The molecule has 1 amide bonds. The number of fused-ring (bicyclic) bond motifs is 1. The molecule has 0 saturated carbocycles. The summed E-state index contributed by atoms with van der Waals surface area (Å²) in [6, 6.07) is 7.12. The Morgan fingerprint density at radius 2 is 1.77 bits per heavy atom. The number of nitrogens with one attached hydrogen (secondary N) is 1. The van der Waals surface area contributed by atoms with Gasteiger partial charge in [0.15, 0.2) is 0 Å². The van der Waals surface area contributed by atoms with Gasteiger partial charge in [-0.1, -0.05) is 24.4 Å². The zero-order valence-corrected chi connectivity index (χ0v) is 13.9. The standard InChI is InChI=1S/C17H19ClN2OS/c18-11-7-9-12(10-8-11)20-17(21)15-13-5-3-1-2-4-6-14(13)22-16(15)19/h7-10H,1-6,19H2,(H,20,21). The quantitative estimate of drug-likeness (QED) is 0.821. The van der Waals surface area contributed by atoms with E-state index in [1.807, 2.05) is 0 Å². The molecule has 0 unspecified atom stereocenters. The summed E-state index contributed by atoms with van der Waals surface area (Å²) in [5.74, 6) is -0.113. The number of aryl methyl sites for hydroxylation is 1. The Hall–Kier alpha value is -1.52. The Bertz CT molecular complexity index is 679. The zero-order valence-electron chi connectivity index (χ0n) is 12.3. The van der Waals surface area contributed by atoms with Crippen LogP contribution in [0.25, 0.3) is 0 Å². The van der Waals surface area contributed by atoms with Gasteiger partial charge < -0.3 is 11.1 Å².